The zero-order valence-corrected chi connectivity index (χ0v) is 10.2. The molecule has 0 saturated heterocycles. The summed E-state index contributed by atoms with van der Waals surface area (Å²) in [5, 5.41) is 19.1. The summed E-state index contributed by atoms with van der Waals surface area (Å²) in [6.07, 6.45) is 0. The van der Waals surface area contributed by atoms with Gasteiger partial charge in [0.25, 0.3) is 5.69 Å². The van der Waals surface area contributed by atoms with E-state index in [1.165, 1.54) is 31.2 Å². The second kappa shape index (κ2) is 10.6. The fraction of sp³-hybridized carbons (Fsp3) is 0.200. The van der Waals surface area contributed by atoms with Gasteiger partial charge < -0.3 is 25.6 Å². The number of esters is 1. The quantitative estimate of drug-likeness (QED) is 0.299. The Morgan fingerprint density at radius 3 is 1.84 bits per heavy atom. The van der Waals surface area contributed by atoms with E-state index in [2.05, 4.69) is 4.74 Å². The van der Waals surface area contributed by atoms with Crippen LogP contribution in [0, 0.1) is 10.1 Å². The zero-order valence-electron chi connectivity index (χ0n) is 11.2. The van der Waals surface area contributed by atoms with Gasteiger partial charge in [0.15, 0.2) is 0 Å². The van der Waals surface area contributed by atoms with Crippen LogP contribution in [0.2, 0.25) is 0 Å². The number of hydrogen-bond donors (Lipinski definition) is 0. The number of benzene rings is 1. The second-order valence-corrected chi connectivity index (χ2v) is 2.84. The molecule has 0 atom stereocenters. The van der Waals surface area contributed by atoms with Crippen LogP contribution >= 0.6 is 0 Å². The number of hydrogen-bond acceptors (Lipinski definition) is 7. The highest BCUT2D eigenvalue weighted by molar-refractivity contribution is 5.69. The van der Waals surface area contributed by atoms with Gasteiger partial charge in [0, 0.05) is 25.0 Å². The van der Waals surface area contributed by atoms with Gasteiger partial charge in [-0.1, -0.05) is 0 Å². The molecule has 0 fully saturated rings. The number of non-ortho nitro benzene ring substituents is 1. The lowest BCUT2D eigenvalue weighted by Gasteiger charge is -1.98. The van der Waals surface area contributed by atoms with Crippen LogP contribution in [-0.2, 0) is 9.59 Å². The fourth-order valence-electron chi connectivity index (χ4n) is 0.802. The highest BCUT2D eigenvalue weighted by Crippen LogP contribution is 2.17. The Hall–Kier alpha value is -2.52. The second-order valence-electron chi connectivity index (χ2n) is 2.84. The van der Waals surface area contributed by atoms with Crippen molar-refractivity contribution in [1.29, 1.82) is 0 Å². The first-order valence-electron chi connectivity index (χ1n) is 4.43. The van der Waals surface area contributed by atoms with Crippen molar-refractivity contribution in [3.05, 3.63) is 34.4 Å². The van der Waals surface area contributed by atoms with Crippen LogP contribution in [0.1, 0.15) is 15.3 Å². The van der Waals surface area contributed by atoms with Crippen molar-refractivity contribution < 1.29 is 36.7 Å². The Labute approximate surface area is 109 Å². The molecule has 1 aromatic carbocycles. The molecule has 0 aliphatic heterocycles. The van der Waals surface area contributed by atoms with E-state index in [0.717, 1.165) is 6.92 Å². The minimum absolute atomic E-state index is 0. The molecule has 0 aliphatic rings. The van der Waals surface area contributed by atoms with E-state index in [9.17, 15) is 14.9 Å². The standard InChI is InChI=1S/C8H7NO4.C2H4O2.2H2O/c1-6(10)13-8-4-2-7(3-5-8)9(11)12;1-2(3)4;;/h2-5H,1H3;1H3,(H,3,4);2*1H2/p-1. The summed E-state index contributed by atoms with van der Waals surface area (Å²) in [4.78, 5) is 29.1. The Balaban J connectivity index is -0.000000164. The monoisotopic (exact) mass is 276 g/mol. The van der Waals surface area contributed by atoms with Gasteiger partial charge in [0.05, 0.1) is 4.92 Å². The summed E-state index contributed by atoms with van der Waals surface area (Å²) in [7, 11) is 0. The average Bonchev–Trinajstić information content (AvgIpc) is 2.16. The largest absolute Gasteiger partial charge is 1.00 e. The van der Waals surface area contributed by atoms with Crippen LogP contribution in [0.3, 0.4) is 0 Å². The van der Waals surface area contributed by atoms with Crippen molar-refractivity contribution >= 4 is 17.6 Å². The molecule has 0 aromatic heterocycles. The maximum absolute atomic E-state index is 10.5. The number of carboxylic acids is 1. The lowest BCUT2D eigenvalue weighted by Crippen LogP contribution is -2.16. The smallest absolute Gasteiger partial charge is 0.870 e. The van der Waals surface area contributed by atoms with Crippen LogP contribution in [0.4, 0.5) is 5.69 Å². The van der Waals surface area contributed by atoms with Crippen molar-refractivity contribution in [2.75, 3.05) is 0 Å². The molecule has 0 heterocycles. The van der Waals surface area contributed by atoms with Gasteiger partial charge in [-0.05, 0) is 19.1 Å². The van der Waals surface area contributed by atoms with E-state index in [-0.39, 0.29) is 18.1 Å². The molecule has 19 heavy (non-hydrogen) atoms. The lowest BCUT2D eigenvalue weighted by molar-refractivity contribution is -0.384. The molecule has 0 amide bonds. The zero-order chi connectivity index (χ0) is 13.4. The van der Waals surface area contributed by atoms with Gasteiger partial charge in [0.2, 0.25) is 0 Å². The Morgan fingerprint density at radius 2 is 1.58 bits per heavy atom. The van der Waals surface area contributed by atoms with Crippen molar-refractivity contribution in [3.63, 3.8) is 0 Å². The SMILES string of the molecule is CC(=O)Oc1ccc([N+](=O)[O-])cc1.CC(=O)[O-].O.[H+].[OH-]. The highest BCUT2D eigenvalue weighted by atomic mass is 16.6. The third kappa shape index (κ3) is 11.7. The molecule has 1 aromatic rings. The molecule has 9 nitrogen and oxygen atoms in total. The number of ether oxygens (including phenoxy) is 1. The first-order valence-corrected chi connectivity index (χ1v) is 4.43. The number of aliphatic carboxylic acids is 1. The maximum Gasteiger partial charge on any atom is 1.00 e. The van der Waals surface area contributed by atoms with Crippen LogP contribution in [-0.4, -0.2) is 27.8 Å². The minimum Gasteiger partial charge on any atom is -0.870 e. The highest BCUT2D eigenvalue weighted by Gasteiger charge is 2.04. The first kappa shape index (κ1) is 21.7. The normalized spacial score (nSPS) is 7.68. The number of carboxylic acid groups (broad SMARTS) is 1. The summed E-state index contributed by atoms with van der Waals surface area (Å²) < 4.78 is 4.69. The van der Waals surface area contributed by atoms with Crippen molar-refractivity contribution in [2.45, 2.75) is 13.8 Å². The van der Waals surface area contributed by atoms with E-state index in [4.69, 9.17) is 9.90 Å². The fourth-order valence-corrected chi connectivity index (χ4v) is 0.802. The molecule has 0 unspecified atom stereocenters. The molecule has 0 bridgehead atoms. The van der Waals surface area contributed by atoms with Gasteiger partial charge in [0.1, 0.15) is 5.75 Å². The van der Waals surface area contributed by atoms with Crippen molar-refractivity contribution in [1.82, 2.24) is 0 Å². The molecule has 0 spiro atoms. The van der Waals surface area contributed by atoms with Crippen LogP contribution in [0.5, 0.6) is 5.75 Å². The van der Waals surface area contributed by atoms with Crippen molar-refractivity contribution in [2.24, 2.45) is 0 Å². The Kier molecular flexibility index (Phi) is 12.2. The molecule has 108 valence electrons. The van der Waals surface area contributed by atoms with Gasteiger partial charge in [-0.2, -0.15) is 0 Å². The number of nitro benzene ring substituents is 1. The van der Waals surface area contributed by atoms with Crippen LogP contribution in [0.25, 0.3) is 0 Å². The van der Waals surface area contributed by atoms with E-state index in [0.29, 0.717) is 5.75 Å². The predicted octanol–water partition coefficient (Wildman–Crippen LogP) is -0.613. The minimum atomic E-state index is -1.08. The average molecular weight is 276 g/mol. The van der Waals surface area contributed by atoms with Gasteiger partial charge in [-0.25, -0.2) is 0 Å². The Morgan fingerprint density at radius 1 is 1.21 bits per heavy atom. The molecule has 0 saturated carbocycles. The number of carbonyl (C=O) groups excluding carboxylic acids is 2. The summed E-state index contributed by atoms with van der Waals surface area (Å²) >= 11 is 0. The predicted molar refractivity (Wildman–Crippen MR) is 61.7 cm³/mol. The first-order chi connectivity index (χ1) is 7.82. The summed E-state index contributed by atoms with van der Waals surface area (Å²) in [6.45, 7) is 2.24. The molecule has 0 aliphatic carbocycles. The third-order valence-electron chi connectivity index (χ3n) is 1.31. The van der Waals surface area contributed by atoms with Crippen LogP contribution < -0.4 is 9.84 Å². The lowest BCUT2D eigenvalue weighted by atomic mass is 10.3. The molecule has 9 heteroatoms. The summed E-state index contributed by atoms with van der Waals surface area (Å²) in [6, 6.07) is 5.30. The van der Waals surface area contributed by atoms with E-state index in [1.54, 1.807) is 0 Å². The van der Waals surface area contributed by atoms with Crippen molar-refractivity contribution in [3.8, 4) is 5.75 Å². The molecule has 3 N–H and O–H groups in total. The maximum atomic E-state index is 10.5. The van der Waals surface area contributed by atoms with E-state index < -0.39 is 16.9 Å². The number of nitro groups is 1. The third-order valence-corrected chi connectivity index (χ3v) is 1.31. The van der Waals surface area contributed by atoms with Crippen LogP contribution in [0.15, 0.2) is 24.3 Å². The summed E-state index contributed by atoms with van der Waals surface area (Å²) in [5.41, 5.74) is -0.0316. The summed E-state index contributed by atoms with van der Waals surface area (Å²) in [5.74, 6) is -1.23. The number of rotatable bonds is 2. The van der Waals surface area contributed by atoms with E-state index >= 15 is 0 Å². The number of carbonyl (C=O) groups is 2. The molecular formula is C10H14NO8-. The Bertz CT molecular complexity index is 416. The topological polar surface area (TPSA) is 171 Å². The molecule has 1 rings (SSSR count). The molecule has 0 radical (unpaired) electrons. The van der Waals surface area contributed by atoms with Gasteiger partial charge in [-0.3, -0.25) is 14.9 Å². The molecular weight excluding hydrogens is 262 g/mol. The van der Waals surface area contributed by atoms with Gasteiger partial charge >= 0.3 is 7.40 Å². The van der Waals surface area contributed by atoms with E-state index in [1.807, 2.05) is 0 Å². The number of nitrogens with zero attached hydrogens (tertiary/aromatic N) is 1. The van der Waals surface area contributed by atoms with Gasteiger partial charge in [-0.15, -0.1) is 0 Å².